The summed E-state index contributed by atoms with van der Waals surface area (Å²) in [6.07, 6.45) is 29.9. The van der Waals surface area contributed by atoms with Crippen LogP contribution in [0.15, 0.2) is 11.6 Å². The van der Waals surface area contributed by atoms with Crippen LogP contribution in [0.4, 0.5) is 0 Å². The van der Waals surface area contributed by atoms with Gasteiger partial charge in [0.15, 0.2) is 0 Å². The molecule has 7 unspecified atom stereocenters. The number of hydrogen-bond donors (Lipinski definition) is 2. The summed E-state index contributed by atoms with van der Waals surface area (Å²) in [5.41, 5.74) is 0.864. The van der Waals surface area contributed by atoms with Gasteiger partial charge < -0.3 is 24.4 Å². The number of ether oxygens (including phenoxy) is 3. The van der Waals surface area contributed by atoms with Crippen molar-refractivity contribution in [1.82, 2.24) is 0 Å². The number of carbonyl (C=O) groups is 1. The van der Waals surface area contributed by atoms with Gasteiger partial charge in [0.05, 0.1) is 36.6 Å². The molecule has 0 aromatic rings. The average Bonchev–Trinajstić information content (AvgIpc) is 3.75. The van der Waals surface area contributed by atoms with Crippen LogP contribution >= 0.6 is 0 Å². The van der Waals surface area contributed by atoms with Gasteiger partial charge >= 0.3 is 5.97 Å². The Kier molecular flexibility index (Phi) is 18.5. The van der Waals surface area contributed by atoms with Gasteiger partial charge in [-0.1, -0.05) is 116 Å². The normalized spacial score (nSPS) is 27.0. The smallest absolute Gasteiger partial charge is 0.334 e. The molecule has 3 aliphatic rings. The standard InChI is InChI=1S/C37H66O6/c1-3-4-5-6-7-9-13-16-19-22-31(38)33-24-26-35(42-33)36-27-25-34(43-36)32(39)23-20-17-14-11-8-10-12-15-18-21-30-28-29(2)41-37(30)40/h28-29,31-36,38-39H,3-27H2,1-2H3. The van der Waals surface area contributed by atoms with E-state index in [4.69, 9.17) is 14.2 Å². The molecule has 3 aliphatic heterocycles. The first-order valence-corrected chi connectivity index (χ1v) is 18.6. The molecule has 0 aromatic carbocycles. The van der Waals surface area contributed by atoms with Crippen LogP contribution in [0.3, 0.4) is 0 Å². The topological polar surface area (TPSA) is 85.2 Å². The largest absolute Gasteiger partial charge is 0.455 e. The molecule has 0 aromatic heterocycles. The number of aliphatic hydroxyl groups excluding tert-OH is 2. The van der Waals surface area contributed by atoms with Crippen LogP contribution in [0, 0.1) is 0 Å². The summed E-state index contributed by atoms with van der Waals surface area (Å²) in [6, 6.07) is 0. The third kappa shape index (κ3) is 14.3. The first-order valence-electron chi connectivity index (χ1n) is 18.6. The molecule has 250 valence electrons. The number of hydrogen-bond acceptors (Lipinski definition) is 6. The molecule has 6 heteroatoms. The Morgan fingerprint density at radius 1 is 0.651 bits per heavy atom. The molecule has 3 rings (SSSR count). The van der Waals surface area contributed by atoms with E-state index >= 15 is 0 Å². The Bertz CT molecular complexity index is 768. The second-order valence-corrected chi connectivity index (χ2v) is 13.9. The summed E-state index contributed by atoms with van der Waals surface area (Å²) in [5.74, 6) is -0.122. The molecule has 0 radical (unpaired) electrons. The van der Waals surface area contributed by atoms with Crippen molar-refractivity contribution in [2.45, 2.75) is 217 Å². The van der Waals surface area contributed by atoms with Crippen molar-refractivity contribution in [3.8, 4) is 0 Å². The lowest BCUT2D eigenvalue weighted by Crippen LogP contribution is -2.33. The second-order valence-electron chi connectivity index (χ2n) is 13.9. The fourth-order valence-corrected chi connectivity index (χ4v) is 7.25. The van der Waals surface area contributed by atoms with Gasteiger partial charge in [-0.25, -0.2) is 4.79 Å². The fourth-order valence-electron chi connectivity index (χ4n) is 7.25. The minimum absolute atomic E-state index is 0.0501. The molecule has 2 saturated heterocycles. The van der Waals surface area contributed by atoms with Crippen molar-refractivity contribution in [1.29, 1.82) is 0 Å². The molecule has 0 aliphatic carbocycles. The first kappa shape index (κ1) is 36.5. The average molecular weight is 607 g/mol. The van der Waals surface area contributed by atoms with E-state index in [0.717, 1.165) is 69.8 Å². The zero-order chi connectivity index (χ0) is 30.7. The molecule has 0 amide bonds. The SMILES string of the molecule is CCCCCCCCCCCC(O)C1CCC(C2CCC(C(O)CCCCCCCCCCCC3=CC(C)OC3=O)O2)O1. The minimum Gasteiger partial charge on any atom is -0.455 e. The molecule has 0 spiro atoms. The van der Waals surface area contributed by atoms with E-state index in [1.54, 1.807) is 0 Å². The summed E-state index contributed by atoms with van der Waals surface area (Å²) in [6.45, 7) is 4.18. The maximum atomic E-state index is 11.6. The summed E-state index contributed by atoms with van der Waals surface area (Å²) in [4.78, 5) is 11.6. The monoisotopic (exact) mass is 606 g/mol. The highest BCUT2D eigenvalue weighted by molar-refractivity contribution is 5.90. The van der Waals surface area contributed by atoms with Crippen molar-refractivity contribution in [2.24, 2.45) is 0 Å². The molecule has 0 bridgehead atoms. The van der Waals surface area contributed by atoms with E-state index in [2.05, 4.69) is 6.92 Å². The molecular formula is C37H66O6. The van der Waals surface area contributed by atoms with Crippen LogP contribution in [0.2, 0.25) is 0 Å². The van der Waals surface area contributed by atoms with Gasteiger partial charge in [0.2, 0.25) is 0 Å². The molecule has 6 nitrogen and oxygen atoms in total. The number of aliphatic hydroxyl groups is 2. The number of unbranched alkanes of at least 4 members (excludes halogenated alkanes) is 16. The van der Waals surface area contributed by atoms with E-state index in [-0.39, 0.29) is 48.7 Å². The van der Waals surface area contributed by atoms with Crippen molar-refractivity contribution < 1.29 is 29.2 Å². The first-order chi connectivity index (χ1) is 21.0. The number of esters is 1. The van der Waals surface area contributed by atoms with Crippen molar-refractivity contribution >= 4 is 5.97 Å². The van der Waals surface area contributed by atoms with Crippen molar-refractivity contribution in [2.75, 3.05) is 0 Å². The zero-order valence-corrected chi connectivity index (χ0v) is 27.8. The van der Waals surface area contributed by atoms with Crippen LogP contribution in [0.1, 0.15) is 174 Å². The molecule has 3 heterocycles. The van der Waals surface area contributed by atoms with E-state index in [1.165, 1.54) is 96.3 Å². The Morgan fingerprint density at radius 3 is 1.49 bits per heavy atom. The van der Waals surface area contributed by atoms with Gasteiger partial charge in [0, 0.05) is 5.57 Å². The van der Waals surface area contributed by atoms with Crippen LogP contribution in [-0.4, -0.2) is 58.9 Å². The molecule has 43 heavy (non-hydrogen) atoms. The highest BCUT2D eigenvalue weighted by atomic mass is 16.6. The maximum absolute atomic E-state index is 11.6. The zero-order valence-electron chi connectivity index (χ0n) is 27.8. The highest BCUT2D eigenvalue weighted by Crippen LogP contribution is 2.34. The van der Waals surface area contributed by atoms with Crippen molar-refractivity contribution in [3.05, 3.63) is 11.6 Å². The molecule has 0 saturated carbocycles. The summed E-state index contributed by atoms with van der Waals surface area (Å²) < 4.78 is 17.7. The molecule has 2 N–H and O–H groups in total. The van der Waals surface area contributed by atoms with Crippen LogP contribution in [0.5, 0.6) is 0 Å². The fraction of sp³-hybridized carbons (Fsp3) is 0.919. The lowest BCUT2D eigenvalue weighted by molar-refractivity contribution is -0.139. The number of rotatable bonds is 25. The number of carbonyl (C=O) groups excluding carboxylic acids is 1. The summed E-state index contributed by atoms with van der Waals surface area (Å²) in [7, 11) is 0. The molecular weight excluding hydrogens is 540 g/mol. The van der Waals surface area contributed by atoms with E-state index in [0.29, 0.717) is 0 Å². The molecule has 7 atom stereocenters. The van der Waals surface area contributed by atoms with Crippen LogP contribution in [-0.2, 0) is 19.0 Å². The van der Waals surface area contributed by atoms with Gasteiger partial charge in [0.25, 0.3) is 0 Å². The van der Waals surface area contributed by atoms with Crippen LogP contribution in [0.25, 0.3) is 0 Å². The predicted molar refractivity (Wildman–Crippen MR) is 174 cm³/mol. The third-order valence-corrected chi connectivity index (χ3v) is 9.98. The van der Waals surface area contributed by atoms with E-state index in [9.17, 15) is 15.0 Å². The summed E-state index contributed by atoms with van der Waals surface area (Å²) >= 11 is 0. The highest BCUT2D eigenvalue weighted by Gasteiger charge is 2.40. The minimum atomic E-state index is -0.380. The predicted octanol–water partition coefficient (Wildman–Crippen LogP) is 8.89. The van der Waals surface area contributed by atoms with Crippen LogP contribution < -0.4 is 0 Å². The van der Waals surface area contributed by atoms with Gasteiger partial charge in [-0.05, 0) is 64.4 Å². The quantitative estimate of drug-likeness (QED) is 0.0797. The van der Waals surface area contributed by atoms with E-state index in [1.807, 2.05) is 13.0 Å². The lowest BCUT2D eigenvalue weighted by Gasteiger charge is -2.24. The maximum Gasteiger partial charge on any atom is 0.334 e. The van der Waals surface area contributed by atoms with Crippen molar-refractivity contribution in [3.63, 3.8) is 0 Å². The van der Waals surface area contributed by atoms with Gasteiger partial charge in [-0.2, -0.15) is 0 Å². The van der Waals surface area contributed by atoms with Gasteiger partial charge in [-0.15, -0.1) is 0 Å². The van der Waals surface area contributed by atoms with E-state index < -0.39 is 0 Å². The Balaban J connectivity index is 1.12. The third-order valence-electron chi connectivity index (χ3n) is 9.98. The molecule has 2 fully saturated rings. The Hall–Kier alpha value is -0.950. The Morgan fingerprint density at radius 2 is 1.07 bits per heavy atom. The van der Waals surface area contributed by atoms with Gasteiger partial charge in [0.1, 0.15) is 6.10 Å². The number of cyclic esters (lactones) is 1. The lowest BCUT2D eigenvalue weighted by atomic mass is 10.00. The van der Waals surface area contributed by atoms with Gasteiger partial charge in [-0.3, -0.25) is 0 Å². The summed E-state index contributed by atoms with van der Waals surface area (Å²) in [5, 5.41) is 21.5. The second kappa shape index (κ2) is 21.7. The Labute approximate surface area is 263 Å².